The van der Waals surface area contributed by atoms with Crippen molar-refractivity contribution in [1.29, 1.82) is 0 Å². The van der Waals surface area contributed by atoms with E-state index in [1.807, 2.05) is 24.3 Å². The van der Waals surface area contributed by atoms with Crippen molar-refractivity contribution in [3.8, 4) is 17.1 Å². The number of methoxy groups -OCH3 is 1. The largest absolute Gasteiger partial charge is 0.497 e. The Morgan fingerprint density at radius 2 is 1.96 bits per heavy atom. The number of hydrogen-bond donors (Lipinski definition) is 1. The van der Waals surface area contributed by atoms with Crippen LogP contribution in [0.15, 0.2) is 59.1 Å². The van der Waals surface area contributed by atoms with Gasteiger partial charge in [-0.2, -0.15) is 0 Å². The van der Waals surface area contributed by atoms with E-state index in [4.69, 9.17) is 14.0 Å². The summed E-state index contributed by atoms with van der Waals surface area (Å²) in [6.07, 6.45) is 0.696. The molecule has 5 nitrogen and oxygen atoms in total. The van der Waals surface area contributed by atoms with Crippen molar-refractivity contribution < 1.29 is 18.4 Å². The van der Waals surface area contributed by atoms with Crippen LogP contribution >= 0.6 is 0 Å². The molecule has 27 heavy (non-hydrogen) atoms. The Balaban J connectivity index is 1.43. The Labute approximate surface area is 157 Å². The SMILES string of the molecule is COc1cccc(CNC2(Cc3cc(-c4ccc(F)cc4)on3)COC2)c1. The monoisotopic (exact) mass is 368 g/mol. The summed E-state index contributed by atoms with van der Waals surface area (Å²) in [4.78, 5) is 0. The van der Waals surface area contributed by atoms with E-state index >= 15 is 0 Å². The molecule has 0 bridgehead atoms. The van der Waals surface area contributed by atoms with Crippen molar-refractivity contribution in [2.75, 3.05) is 20.3 Å². The molecule has 0 amide bonds. The molecular formula is C21H21FN2O3. The van der Waals surface area contributed by atoms with E-state index in [-0.39, 0.29) is 11.4 Å². The third-order valence-electron chi connectivity index (χ3n) is 4.77. The second kappa shape index (κ2) is 7.50. The molecule has 1 aromatic heterocycles. The lowest BCUT2D eigenvalue weighted by atomic mass is 9.90. The van der Waals surface area contributed by atoms with Crippen molar-refractivity contribution in [2.45, 2.75) is 18.5 Å². The van der Waals surface area contributed by atoms with Gasteiger partial charge in [0.15, 0.2) is 5.76 Å². The average molecular weight is 368 g/mol. The predicted molar refractivity (Wildman–Crippen MR) is 99.0 cm³/mol. The molecule has 0 saturated carbocycles. The topological polar surface area (TPSA) is 56.5 Å². The molecule has 1 N–H and O–H groups in total. The highest BCUT2D eigenvalue weighted by molar-refractivity contribution is 5.57. The first-order chi connectivity index (χ1) is 13.2. The molecule has 4 rings (SSSR count). The first-order valence-electron chi connectivity index (χ1n) is 8.83. The van der Waals surface area contributed by atoms with Crippen LogP contribution in [0.5, 0.6) is 5.75 Å². The van der Waals surface area contributed by atoms with Gasteiger partial charge >= 0.3 is 0 Å². The minimum atomic E-state index is -0.272. The molecule has 1 fully saturated rings. The second-order valence-corrected chi connectivity index (χ2v) is 6.84. The zero-order chi connectivity index (χ0) is 18.7. The van der Waals surface area contributed by atoms with Crippen molar-refractivity contribution in [3.63, 3.8) is 0 Å². The first kappa shape index (κ1) is 17.7. The Bertz CT molecular complexity index is 904. The number of aromatic nitrogens is 1. The van der Waals surface area contributed by atoms with Crippen LogP contribution in [0.25, 0.3) is 11.3 Å². The van der Waals surface area contributed by atoms with Crippen LogP contribution in [-0.2, 0) is 17.7 Å². The Kier molecular flexibility index (Phi) is 4.92. The van der Waals surface area contributed by atoms with Gasteiger partial charge in [-0.3, -0.25) is 0 Å². The first-order valence-corrected chi connectivity index (χ1v) is 8.83. The fourth-order valence-electron chi connectivity index (χ4n) is 3.18. The van der Waals surface area contributed by atoms with Crippen LogP contribution in [0.3, 0.4) is 0 Å². The van der Waals surface area contributed by atoms with Gasteiger partial charge in [-0.15, -0.1) is 0 Å². The van der Waals surface area contributed by atoms with Gasteiger partial charge in [-0.25, -0.2) is 4.39 Å². The van der Waals surface area contributed by atoms with Gasteiger partial charge < -0.3 is 19.3 Å². The molecule has 140 valence electrons. The maximum atomic E-state index is 13.1. The van der Waals surface area contributed by atoms with Crippen LogP contribution in [0.4, 0.5) is 4.39 Å². The highest BCUT2D eigenvalue weighted by atomic mass is 19.1. The maximum Gasteiger partial charge on any atom is 0.167 e. The van der Waals surface area contributed by atoms with E-state index in [1.54, 1.807) is 19.2 Å². The third kappa shape index (κ3) is 4.02. The predicted octanol–water partition coefficient (Wildman–Crippen LogP) is 3.59. The number of hydrogen-bond acceptors (Lipinski definition) is 5. The summed E-state index contributed by atoms with van der Waals surface area (Å²) < 4.78 is 29.3. The molecule has 0 aliphatic carbocycles. The van der Waals surface area contributed by atoms with E-state index in [9.17, 15) is 4.39 Å². The molecule has 1 saturated heterocycles. The number of nitrogens with one attached hydrogen (secondary N) is 1. The molecule has 1 aliphatic heterocycles. The molecule has 0 atom stereocenters. The van der Waals surface area contributed by atoms with Gasteiger partial charge in [-0.1, -0.05) is 17.3 Å². The summed E-state index contributed by atoms with van der Waals surface area (Å²) >= 11 is 0. The van der Waals surface area contributed by atoms with Crippen LogP contribution in [-0.4, -0.2) is 31.0 Å². The fourth-order valence-corrected chi connectivity index (χ4v) is 3.18. The standard InChI is InChI=1S/C21H21FN2O3/c1-25-19-4-2-3-15(9-19)12-23-21(13-26-14-21)11-18-10-20(27-24-18)16-5-7-17(22)8-6-16/h2-10,23H,11-14H2,1H3. The average Bonchev–Trinajstić information content (AvgIpc) is 3.13. The maximum absolute atomic E-state index is 13.1. The summed E-state index contributed by atoms with van der Waals surface area (Å²) in [7, 11) is 1.66. The Morgan fingerprint density at radius 3 is 2.67 bits per heavy atom. The van der Waals surface area contributed by atoms with Gasteiger partial charge in [0.25, 0.3) is 0 Å². The summed E-state index contributed by atoms with van der Waals surface area (Å²) in [6.45, 7) is 1.95. The molecule has 1 aliphatic rings. The zero-order valence-electron chi connectivity index (χ0n) is 15.1. The van der Waals surface area contributed by atoms with E-state index < -0.39 is 0 Å². The lowest BCUT2D eigenvalue weighted by molar-refractivity contribution is -0.0755. The number of halogens is 1. The summed E-state index contributed by atoms with van der Waals surface area (Å²) in [5.41, 5.74) is 2.63. The summed E-state index contributed by atoms with van der Waals surface area (Å²) in [6, 6.07) is 16.1. The molecule has 0 radical (unpaired) electrons. The molecular weight excluding hydrogens is 347 g/mol. The molecule has 2 aromatic carbocycles. The lowest BCUT2D eigenvalue weighted by Gasteiger charge is -2.42. The second-order valence-electron chi connectivity index (χ2n) is 6.84. The summed E-state index contributed by atoms with van der Waals surface area (Å²) in [5, 5.41) is 7.77. The van der Waals surface area contributed by atoms with Crippen LogP contribution in [0.1, 0.15) is 11.3 Å². The minimum absolute atomic E-state index is 0.167. The highest BCUT2D eigenvalue weighted by Gasteiger charge is 2.39. The third-order valence-corrected chi connectivity index (χ3v) is 4.77. The zero-order valence-corrected chi connectivity index (χ0v) is 15.1. The van der Waals surface area contributed by atoms with Gasteiger partial charge in [-0.05, 0) is 42.0 Å². The number of ether oxygens (including phenoxy) is 2. The van der Waals surface area contributed by atoms with Gasteiger partial charge in [0.1, 0.15) is 11.6 Å². The fraction of sp³-hybridized carbons (Fsp3) is 0.286. The normalized spacial score (nSPS) is 15.3. The van der Waals surface area contributed by atoms with Crippen LogP contribution < -0.4 is 10.1 Å². The van der Waals surface area contributed by atoms with Crippen molar-refractivity contribution >= 4 is 0 Å². The molecule has 3 aromatic rings. The van der Waals surface area contributed by atoms with Gasteiger partial charge in [0.2, 0.25) is 0 Å². The van der Waals surface area contributed by atoms with Crippen molar-refractivity contribution in [1.82, 2.24) is 10.5 Å². The van der Waals surface area contributed by atoms with E-state index in [2.05, 4.69) is 16.5 Å². The Hall–Kier alpha value is -2.70. The van der Waals surface area contributed by atoms with Gasteiger partial charge in [0, 0.05) is 24.6 Å². The molecule has 6 heteroatoms. The number of rotatable bonds is 7. The van der Waals surface area contributed by atoms with E-state index in [0.717, 1.165) is 22.6 Å². The van der Waals surface area contributed by atoms with Crippen LogP contribution in [0.2, 0.25) is 0 Å². The van der Waals surface area contributed by atoms with Crippen LogP contribution in [0, 0.1) is 5.82 Å². The lowest BCUT2D eigenvalue weighted by Crippen LogP contribution is -2.61. The van der Waals surface area contributed by atoms with Crippen molar-refractivity contribution in [2.24, 2.45) is 0 Å². The minimum Gasteiger partial charge on any atom is -0.497 e. The Morgan fingerprint density at radius 1 is 1.15 bits per heavy atom. The quantitative estimate of drug-likeness (QED) is 0.691. The number of nitrogens with zero attached hydrogens (tertiary/aromatic N) is 1. The molecule has 2 heterocycles. The smallest absolute Gasteiger partial charge is 0.167 e. The summed E-state index contributed by atoms with van der Waals surface area (Å²) in [5.74, 6) is 1.20. The molecule has 0 unspecified atom stereocenters. The number of benzene rings is 2. The molecule has 0 spiro atoms. The van der Waals surface area contributed by atoms with E-state index in [0.29, 0.717) is 31.9 Å². The van der Waals surface area contributed by atoms with Crippen molar-refractivity contribution in [3.05, 3.63) is 71.7 Å². The highest BCUT2D eigenvalue weighted by Crippen LogP contribution is 2.26. The van der Waals surface area contributed by atoms with Gasteiger partial charge in [0.05, 0.1) is 31.6 Å². The van der Waals surface area contributed by atoms with E-state index in [1.165, 1.54) is 12.1 Å².